The Morgan fingerprint density at radius 3 is 2.58 bits per heavy atom. The van der Waals surface area contributed by atoms with E-state index in [9.17, 15) is 14.7 Å². The van der Waals surface area contributed by atoms with Crippen molar-refractivity contribution in [2.45, 2.75) is 19.4 Å². The largest absolute Gasteiger partial charge is 0.481 e. The fourth-order valence-electron chi connectivity index (χ4n) is 1.61. The predicted octanol–water partition coefficient (Wildman–Crippen LogP) is 0.802. The second kappa shape index (κ2) is 7.38. The highest BCUT2D eigenvalue weighted by Crippen LogP contribution is 2.15. The average molecular weight is 266 g/mol. The maximum absolute atomic E-state index is 11.3. The van der Waals surface area contributed by atoms with E-state index in [1.807, 2.05) is 25.1 Å². The highest BCUT2D eigenvalue weighted by Gasteiger charge is 2.11. The number of rotatable bonds is 6. The molecule has 0 aliphatic rings. The van der Waals surface area contributed by atoms with Gasteiger partial charge in [-0.15, -0.1) is 0 Å². The number of aliphatic carboxylic acids is 1. The molecule has 4 N–H and O–H groups in total. The Morgan fingerprint density at radius 1 is 1.26 bits per heavy atom. The predicted molar refractivity (Wildman–Crippen MR) is 69.8 cm³/mol. The van der Waals surface area contributed by atoms with Crippen molar-refractivity contribution in [3.8, 4) is 0 Å². The quantitative estimate of drug-likeness (QED) is 0.612. The monoisotopic (exact) mass is 266 g/mol. The number of amides is 2. The van der Waals surface area contributed by atoms with Gasteiger partial charge >= 0.3 is 12.0 Å². The summed E-state index contributed by atoms with van der Waals surface area (Å²) in [4.78, 5) is 21.6. The molecular formula is C13H18N2O4. The van der Waals surface area contributed by atoms with Crippen LogP contribution >= 0.6 is 0 Å². The summed E-state index contributed by atoms with van der Waals surface area (Å²) < 4.78 is 0. The van der Waals surface area contributed by atoms with Gasteiger partial charge in [0, 0.05) is 13.1 Å². The highest BCUT2D eigenvalue weighted by atomic mass is 16.4. The SMILES string of the molecule is Cc1ccccc1C(O)CNC(=O)NCCC(=O)O. The van der Waals surface area contributed by atoms with Crippen LogP contribution in [0.15, 0.2) is 24.3 Å². The second-order valence-corrected chi connectivity index (χ2v) is 4.15. The minimum absolute atomic E-state index is 0.0572. The molecule has 0 saturated heterocycles. The molecule has 0 aliphatic heterocycles. The Hall–Kier alpha value is -2.08. The van der Waals surface area contributed by atoms with E-state index in [4.69, 9.17) is 5.11 Å². The molecule has 0 heterocycles. The van der Waals surface area contributed by atoms with E-state index in [0.29, 0.717) is 0 Å². The van der Waals surface area contributed by atoms with Crippen LogP contribution in [0, 0.1) is 6.92 Å². The number of aliphatic hydroxyl groups is 1. The van der Waals surface area contributed by atoms with Gasteiger partial charge in [0.2, 0.25) is 0 Å². The first-order chi connectivity index (χ1) is 9.00. The molecule has 2 amide bonds. The standard InChI is InChI=1S/C13H18N2O4/c1-9-4-2-3-5-10(9)11(16)8-15-13(19)14-7-6-12(17)18/h2-5,11,16H,6-8H2,1H3,(H,17,18)(H2,14,15,19). The van der Waals surface area contributed by atoms with Crippen LogP contribution in [0.4, 0.5) is 4.79 Å². The van der Waals surface area contributed by atoms with Crippen LogP contribution in [0.2, 0.25) is 0 Å². The van der Waals surface area contributed by atoms with Gasteiger partial charge in [-0.1, -0.05) is 24.3 Å². The van der Waals surface area contributed by atoms with Crippen molar-refractivity contribution in [2.24, 2.45) is 0 Å². The molecule has 0 bridgehead atoms. The first-order valence-electron chi connectivity index (χ1n) is 5.97. The molecule has 19 heavy (non-hydrogen) atoms. The van der Waals surface area contributed by atoms with Gasteiger partial charge in [-0.25, -0.2) is 4.79 Å². The smallest absolute Gasteiger partial charge is 0.314 e. The van der Waals surface area contributed by atoms with Crippen molar-refractivity contribution in [3.05, 3.63) is 35.4 Å². The summed E-state index contributed by atoms with van der Waals surface area (Å²) in [5, 5.41) is 23.2. The summed E-state index contributed by atoms with van der Waals surface area (Å²) in [5.74, 6) is -0.972. The Morgan fingerprint density at radius 2 is 1.95 bits per heavy atom. The van der Waals surface area contributed by atoms with Gasteiger partial charge in [-0.3, -0.25) is 4.79 Å². The van der Waals surface area contributed by atoms with Crippen molar-refractivity contribution in [1.82, 2.24) is 10.6 Å². The Kier molecular flexibility index (Phi) is 5.81. The number of benzene rings is 1. The van der Waals surface area contributed by atoms with Gasteiger partial charge in [0.1, 0.15) is 0 Å². The molecular weight excluding hydrogens is 248 g/mol. The zero-order valence-corrected chi connectivity index (χ0v) is 10.7. The van der Waals surface area contributed by atoms with Crippen LogP contribution in [0.1, 0.15) is 23.7 Å². The molecule has 6 nitrogen and oxygen atoms in total. The van der Waals surface area contributed by atoms with Gasteiger partial charge in [-0.05, 0) is 18.1 Å². The summed E-state index contributed by atoms with van der Waals surface area (Å²) in [7, 11) is 0. The molecule has 1 rings (SSSR count). The molecule has 0 aromatic heterocycles. The molecule has 1 aromatic rings. The lowest BCUT2D eigenvalue weighted by Crippen LogP contribution is -2.38. The zero-order valence-electron chi connectivity index (χ0n) is 10.7. The molecule has 1 unspecified atom stereocenters. The first-order valence-corrected chi connectivity index (χ1v) is 5.97. The number of aliphatic hydroxyl groups excluding tert-OH is 1. The van der Waals surface area contributed by atoms with Crippen molar-refractivity contribution in [2.75, 3.05) is 13.1 Å². The fourth-order valence-corrected chi connectivity index (χ4v) is 1.61. The lowest BCUT2D eigenvalue weighted by Gasteiger charge is -2.14. The number of aryl methyl sites for hydroxylation is 1. The maximum Gasteiger partial charge on any atom is 0.314 e. The normalized spacial score (nSPS) is 11.7. The molecule has 6 heteroatoms. The molecule has 0 radical (unpaired) electrons. The summed E-state index contributed by atoms with van der Waals surface area (Å²) in [6, 6.07) is 6.87. The van der Waals surface area contributed by atoms with Crippen LogP contribution in [-0.2, 0) is 4.79 Å². The van der Waals surface area contributed by atoms with Gasteiger partial charge < -0.3 is 20.8 Å². The molecule has 1 aromatic carbocycles. The van der Waals surface area contributed by atoms with E-state index in [0.717, 1.165) is 11.1 Å². The average Bonchev–Trinajstić information content (AvgIpc) is 2.36. The van der Waals surface area contributed by atoms with Crippen LogP contribution < -0.4 is 10.6 Å². The van der Waals surface area contributed by atoms with Crippen LogP contribution in [-0.4, -0.2) is 35.3 Å². The van der Waals surface area contributed by atoms with E-state index in [1.165, 1.54) is 0 Å². The first kappa shape index (κ1) is 15.0. The second-order valence-electron chi connectivity index (χ2n) is 4.15. The Bertz CT molecular complexity index is 448. The van der Waals surface area contributed by atoms with Crippen molar-refractivity contribution in [1.29, 1.82) is 0 Å². The highest BCUT2D eigenvalue weighted by molar-refractivity contribution is 5.75. The molecule has 0 spiro atoms. The van der Waals surface area contributed by atoms with Crippen molar-refractivity contribution < 1.29 is 19.8 Å². The lowest BCUT2D eigenvalue weighted by molar-refractivity contribution is -0.136. The van der Waals surface area contributed by atoms with Crippen LogP contribution in [0.25, 0.3) is 0 Å². The summed E-state index contributed by atoms with van der Waals surface area (Å²) >= 11 is 0. The zero-order chi connectivity index (χ0) is 14.3. The molecule has 1 atom stereocenters. The third-order valence-electron chi connectivity index (χ3n) is 2.63. The number of carbonyl (C=O) groups excluding carboxylic acids is 1. The molecule has 104 valence electrons. The van der Waals surface area contributed by atoms with Crippen LogP contribution in [0.3, 0.4) is 0 Å². The number of carboxylic acids is 1. The number of hydrogen-bond acceptors (Lipinski definition) is 3. The van der Waals surface area contributed by atoms with E-state index in [-0.39, 0.29) is 19.5 Å². The van der Waals surface area contributed by atoms with Crippen molar-refractivity contribution in [3.63, 3.8) is 0 Å². The molecule has 0 aliphatic carbocycles. The minimum Gasteiger partial charge on any atom is -0.481 e. The fraction of sp³-hybridized carbons (Fsp3) is 0.385. The third kappa shape index (κ3) is 5.39. The third-order valence-corrected chi connectivity index (χ3v) is 2.63. The van der Waals surface area contributed by atoms with Crippen LogP contribution in [0.5, 0.6) is 0 Å². The Balaban J connectivity index is 2.34. The molecule has 0 saturated carbocycles. The van der Waals surface area contributed by atoms with E-state index >= 15 is 0 Å². The molecule has 0 fully saturated rings. The summed E-state index contributed by atoms with van der Waals surface area (Å²) in [6.07, 6.45) is -0.917. The maximum atomic E-state index is 11.3. The number of urea groups is 1. The van der Waals surface area contributed by atoms with E-state index in [1.54, 1.807) is 6.07 Å². The van der Waals surface area contributed by atoms with Crippen molar-refractivity contribution >= 4 is 12.0 Å². The van der Waals surface area contributed by atoms with E-state index < -0.39 is 18.1 Å². The minimum atomic E-state index is -0.972. The Labute approximate surface area is 111 Å². The van der Waals surface area contributed by atoms with Gasteiger partial charge in [0.25, 0.3) is 0 Å². The number of hydrogen-bond donors (Lipinski definition) is 4. The number of nitrogens with one attached hydrogen (secondary N) is 2. The number of carboxylic acid groups (broad SMARTS) is 1. The van der Waals surface area contributed by atoms with Gasteiger partial charge in [0.05, 0.1) is 12.5 Å². The summed E-state index contributed by atoms with van der Waals surface area (Å²) in [6.45, 7) is 2.01. The topological polar surface area (TPSA) is 98.7 Å². The number of carbonyl (C=O) groups is 2. The van der Waals surface area contributed by atoms with E-state index in [2.05, 4.69) is 10.6 Å². The lowest BCUT2D eigenvalue weighted by atomic mass is 10.0. The summed E-state index contributed by atoms with van der Waals surface area (Å²) in [5.41, 5.74) is 1.71. The van der Waals surface area contributed by atoms with Gasteiger partial charge in [-0.2, -0.15) is 0 Å². The van der Waals surface area contributed by atoms with Gasteiger partial charge in [0.15, 0.2) is 0 Å².